The second-order valence-corrected chi connectivity index (χ2v) is 5.89. The minimum absolute atomic E-state index is 0.435. The van der Waals surface area contributed by atoms with Crippen molar-refractivity contribution in [2.24, 2.45) is 5.92 Å². The molecule has 0 aliphatic heterocycles. The Morgan fingerprint density at radius 3 is 2.20 bits per heavy atom. The predicted molar refractivity (Wildman–Crippen MR) is 89.2 cm³/mol. The molecule has 1 N–H and O–H groups in total. The van der Waals surface area contributed by atoms with Crippen LogP contribution in [0, 0.1) is 12.8 Å². The first-order valence-corrected chi connectivity index (χ1v) is 8.12. The molecular formula is C18H32N2. The van der Waals surface area contributed by atoms with E-state index in [1.54, 1.807) is 0 Å². The smallest absolute Gasteiger partial charge is 0.0449 e. The lowest BCUT2D eigenvalue weighted by Gasteiger charge is -2.29. The van der Waals surface area contributed by atoms with E-state index < -0.39 is 0 Å². The molecule has 0 amide bonds. The third-order valence-corrected chi connectivity index (χ3v) is 4.09. The summed E-state index contributed by atoms with van der Waals surface area (Å²) in [5.74, 6) is 0.773. The van der Waals surface area contributed by atoms with Gasteiger partial charge in [0.1, 0.15) is 0 Å². The normalized spacial score (nSPS) is 14.5. The molecule has 0 fully saturated rings. The molecule has 0 spiro atoms. The first kappa shape index (κ1) is 17.2. The number of benzene rings is 1. The van der Waals surface area contributed by atoms with Crippen molar-refractivity contribution < 1.29 is 0 Å². The van der Waals surface area contributed by atoms with Gasteiger partial charge in [0.2, 0.25) is 0 Å². The molecule has 20 heavy (non-hydrogen) atoms. The Morgan fingerprint density at radius 2 is 1.70 bits per heavy atom. The zero-order valence-corrected chi connectivity index (χ0v) is 13.9. The molecule has 2 unspecified atom stereocenters. The number of rotatable bonds is 9. The minimum Gasteiger partial charge on any atom is -0.309 e. The largest absolute Gasteiger partial charge is 0.309 e. The number of aryl methyl sites for hydroxylation is 1. The maximum absolute atomic E-state index is 3.63. The highest BCUT2D eigenvalue weighted by Gasteiger charge is 2.15. The first-order valence-electron chi connectivity index (χ1n) is 8.12. The number of hydrogen-bond donors (Lipinski definition) is 1. The van der Waals surface area contributed by atoms with Gasteiger partial charge in [-0.15, -0.1) is 0 Å². The van der Waals surface area contributed by atoms with Crippen molar-refractivity contribution >= 4 is 0 Å². The van der Waals surface area contributed by atoms with Gasteiger partial charge in [0.15, 0.2) is 0 Å². The summed E-state index contributed by atoms with van der Waals surface area (Å²) >= 11 is 0. The van der Waals surface area contributed by atoms with Crippen LogP contribution in [0.25, 0.3) is 0 Å². The van der Waals surface area contributed by atoms with Crippen molar-refractivity contribution in [2.45, 2.75) is 47.1 Å². The van der Waals surface area contributed by atoms with Crippen LogP contribution in [0.15, 0.2) is 24.3 Å². The van der Waals surface area contributed by atoms with E-state index in [0.717, 1.165) is 25.6 Å². The Balaban J connectivity index is 2.71. The molecule has 0 saturated heterocycles. The Bertz CT molecular complexity index is 358. The average molecular weight is 276 g/mol. The lowest BCUT2D eigenvalue weighted by Crippen LogP contribution is -2.37. The maximum Gasteiger partial charge on any atom is 0.0449 e. The molecule has 1 aromatic carbocycles. The second-order valence-electron chi connectivity index (χ2n) is 5.89. The van der Waals surface area contributed by atoms with Crippen LogP contribution in [0.5, 0.6) is 0 Å². The fourth-order valence-corrected chi connectivity index (χ4v) is 2.49. The van der Waals surface area contributed by atoms with Crippen LogP contribution in [0.2, 0.25) is 0 Å². The zero-order valence-electron chi connectivity index (χ0n) is 13.9. The van der Waals surface area contributed by atoms with Crippen molar-refractivity contribution in [2.75, 3.05) is 26.2 Å². The Morgan fingerprint density at radius 1 is 1.05 bits per heavy atom. The highest BCUT2D eigenvalue weighted by Crippen LogP contribution is 2.16. The van der Waals surface area contributed by atoms with Gasteiger partial charge < -0.3 is 10.2 Å². The lowest BCUT2D eigenvalue weighted by molar-refractivity contribution is 0.221. The molecule has 0 aromatic heterocycles. The summed E-state index contributed by atoms with van der Waals surface area (Å²) in [7, 11) is 0. The fourth-order valence-electron chi connectivity index (χ4n) is 2.49. The molecule has 0 heterocycles. The van der Waals surface area contributed by atoms with Crippen LogP contribution in [0.1, 0.15) is 51.3 Å². The van der Waals surface area contributed by atoms with Gasteiger partial charge in [0.05, 0.1) is 0 Å². The van der Waals surface area contributed by atoms with E-state index in [0.29, 0.717) is 6.04 Å². The molecule has 0 bridgehead atoms. The molecule has 2 heteroatoms. The molecule has 114 valence electrons. The maximum atomic E-state index is 3.63. The summed E-state index contributed by atoms with van der Waals surface area (Å²) in [6.45, 7) is 15.6. The second kappa shape index (κ2) is 9.15. The number of nitrogens with zero attached hydrogens (tertiary/aromatic N) is 1. The van der Waals surface area contributed by atoms with Crippen LogP contribution in [-0.4, -0.2) is 31.1 Å². The van der Waals surface area contributed by atoms with Crippen LogP contribution in [0.3, 0.4) is 0 Å². The Kier molecular flexibility index (Phi) is 7.86. The highest BCUT2D eigenvalue weighted by molar-refractivity contribution is 5.24. The molecule has 2 atom stereocenters. The summed E-state index contributed by atoms with van der Waals surface area (Å²) in [6.07, 6.45) is 1.26. The lowest BCUT2D eigenvalue weighted by atomic mass is 10.0. The van der Waals surface area contributed by atoms with Crippen LogP contribution < -0.4 is 5.32 Å². The minimum atomic E-state index is 0.435. The van der Waals surface area contributed by atoms with Crippen molar-refractivity contribution in [1.29, 1.82) is 0 Å². The Hall–Kier alpha value is -0.860. The van der Waals surface area contributed by atoms with E-state index in [4.69, 9.17) is 0 Å². The average Bonchev–Trinajstić information content (AvgIpc) is 2.46. The van der Waals surface area contributed by atoms with Gasteiger partial charge in [-0.25, -0.2) is 0 Å². The summed E-state index contributed by atoms with van der Waals surface area (Å²) in [4.78, 5) is 2.57. The summed E-state index contributed by atoms with van der Waals surface area (Å²) in [6, 6.07) is 9.39. The molecule has 1 aromatic rings. The van der Waals surface area contributed by atoms with Gasteiger partial charge in [0, 0.05) is 19.1 Å². The SMILES string of the molecule is CCNC(CN(CC)CC(C)CC)c1ccc(C)cc1. The third kappa shape index (κ3) is 5.64. The van der Waals surface area contributed by atoms with Gasteiger partial charge in [-0.2, -0.15) is 0 Å². The van der Waals surface area contributed by atoms with Crippen molar-refractivity contribution in [1.82, 2.24) is 10.2 Å². The molecular weight excluding hydrogens is 244 g/mol. The molecule has 1 rings (SSSR count). The van der Waals surface area contributed by atoms with Crippen molar-refractivity contribution in [3.05, 3.63) is 35.4 Å². The van der Waals surface area contributed by atoms with Crippen LogP contribution in [-0.2, 0) is 0 Å². The summed E-state index contributed by atoms with van der Waals surface area (Å²) in [5, 5.41) is 3.63. The number of likely N-dealkylation sites (N-methyl/N-ethyl adjacent to an activating group) is 2. The fraction of sp³-hybridized carbons (Fsp3) is 0.667. The number of nitrogens with one attached hydrogen (secondary N) is 1. The van der Waals surface area contributed by atoms with Gasteiger partial charge in [-0.05, 0) is 31.5 Å². The summed E-state index contributed by atoms with van der Waals surface area (Å²) in [5.41, 5.74) is 2.73. The van der Waals surface area contributed by atoms with E-state index >= 15 is 0 Å². The van der Waals surface area contributed by atoms with Gasteiger partial charge >= 0.3 is 0 Å². The molecule has 2 nitrogen and oxygen atoms in total. The summed E-state index contributed by atoms with van der Waals surface area (Å²) < 4.78 is 0. The quantitative estimate of drug-likeness (QED) is 0.733. The third-order valence-electron chi connectivity index (χ3n) is 4.09. The van der Waals surface area contributed by atoms with Gasteiger partial charge in [-0.3, -0.25) is 0 Å². The molecule has 0 aliphatic rings. The van der Waals surface area contributed by atoms with Crippen molar-refractivity contribution in [3.8, 4) is 0 Å². The van der Waals surface area contributed by atoms with E-state index in [9.17, 15) is 0 Å². The standard InChI is InChI=1S/C18H32N2/c1-6-15(4)13-20(8-3)14-18(19-7-2)17-11-9-16(5)10-12-17/h9-12,15,18-19H,6-8,13-14H2,1-5H3. The van der Waals surface area contributed by atoms with E-state index in [-0.39, 0.29) is 0 Å². The van der Waals surface area contributed by atoms with Gasteiger partial charge in [0.25, 0.3) is 0 Å². The number of hydrogen-bond acceptors (Lipinski definition) is 2. The first-order chi connectivity index (χ1) is 9.60. The van der Waals surface area contributed by atoms with E-state index in [1.807, 2.05) is 0 Å². The molecule has 0 aliphatic carbocycles. The van der Waals surface area contributed by atoms with Crippen LogP contribution in [0.4, 0.5) is 0 Å². The van der Waals surface area contributed by atoms with Crippen molar-refractivity contribution in [3.63, 3.8) is 0 Å². The topological polar surface area (TPSA) is 15.3 Å². The zero-order chi connectivity index (χ0) is 15.0. The predicted octanol–water partition coefficient (Wildman–Crippen LogP) is 4.01. The monoisotopic (exact) mass is 276 g/mol. The Labute approximate surface area is 125 Å². The molecule has 0 radical (unpaired) electrons. The van der Waals surface area contributed by atoms with Crippen LogP contribution >= 0.6 is 0 Å². The molecule has 0 saturated carbocycles. The van der Waals surface area contributed by atoms with E-state index in [1.165, 1.54) is 24.1 Å². The highest BCUT2D eigenvalue weighted by atomic mass is 15.1. The van der Waals surface area contributed by atoms with E-state index in [2.05, 4.69) is 69.1 Å². The van der Waals surface area contributed by atoms with Gasteiger partial charge in [-0.1, -0.05) is 63.9 Å².